The van der Waals surface area contributed by atoms with Crippen molar-refractivity contribution in [3.05, 3.63) is 9.90 Å². The van der Waals surface area contributed by atoms with Gasteiger partial charge >= 0.3 is 6.09 Å². The number of amides is 1. The molecular weight excluding hydrogens is 581 g/mol. The lowest BCUT2D eigenvalue weighted by molar-refractivity contribution is 0.0350. The Kier molecular flexibility index (Phi) is 7.06. The molecule has 0 spiro atoms. The molecule has 1 aliphatic heterocycles. The van der Waals surface area contributed by atoms with E-state index in [0.29, 0.717) is 11.8 Å². The van der Waals surface area contributed by atoms with E-state index in [1.54, 1.807) is 11.3 Å². The highest BCUT2D eigenvalue weighted by Crippen LogP contribution is 2.44. The largest absolute Gasteiger partial charge is 0.444 e. The van der Waals surface area contributed by atoms with E-state index in [0.717, 1.165) is 39.7 Å². The first kappa shape index (κ1) is 26.1. The topological polar surface area (TPSA) is 81.0 Å². The van der Waals surface area contributed by atoms with Gasteiger partial charge in [0, 0.05) is 31.2 Å². The molecule has 8 nitrogen and oxygen atoms in total. The van der Waals surface area contributed by atoms with Crippen LogP contribution in [0.5, 0.6) is 0 Å². The number of ether oxygens (including phenoxy) is 1. The summed E-state index contributed by atoms with van der Waals surface area (Å²) in [5, 5.41) is 9.17. The molecule has 3 heterocycles. The van der Waals surface area contributed by atoms with Gasteiger partial charge in [0.1, 0.15) is 9.30 Å². The van der Waals surface area contributed by atoms with Crippen LogP contribution >= 0.6 is 33.9 Å². The first-order valence-corrected chi connectivity index (χ1v) is 16.9. The molecule has 1 amide bonds. The maximum atomic E-state index is 12.7. The number of imidazole rings is 1. The second-order valence-corrected chi connectivity index (χ2v) is 19.0. The van der Waals surface area contributed by atoms with Crippen molar-refractivity contribution in [2.24, 2.45) is 11.8 Å². The molecule has 2 aromatic rings. The third kappa shape index (κ3) is 5.56. The minimum atomic E-state index is -1.92. The number of fused-ring (bicyclic) bond motifs is 2. The molecule has 4 rings (SSSR count). The quantitative estimate of drug-likeness (QED) is 0.359. The molecule has 0 bridgehead atoms. The van der Waals surface area contributed by atoms with E-state index in [4.69, 9.17) is 14.3 Å². The number of anilines is 1. The van der Waals surface area contributed by atoms with Crippen molar-refractivity contribution in [2.45, 2.75) is 90.3 Å². The molecule has 0 aromatic carbocycles. The monoisotopic (exact) mass is 619 g/mol. The van der Waals surface area contributed by atoms with Crippen molar-refractivity contribution in [2.75, 3.05) is 18.0 Å². The lowest BCUT2D eigenvalue weighted by atomic mass is 9.76. The van der Waals surface area contributed by atoms with Gasteiger partial charge in [-0.3, -0.25) is 0 Å². The molecule has 2 aliphatic rings. The van der Waals surface area contributed by atoms with E-state index in [2.05, 4.69) is 71.7 Å². The summed E-state index contributed by atoms with van der Waals surface area (Å²) in [6.07, 6.45) is 3.47. The number of halogens is 1. The van der Waals surface area contributed by atoms with Crippen LogP contribution in [-0.2, 0) is 9.16 Å². The zero-order chi connectivity index (χ0) is 25.1. The van der Waals surface area contributed by atoms with Gasteiger partial charge in [-0.05, 0) is 80.3 Å². The fraction of sp³-hybridized carbons (Fsp3) is 0.783. The minimum Gasteiger partial charge on any atom is -0.444 e. The number of carbonyl (C=O) groups excluding carboxylic acids is 1. The Morgan fingerprint density at radius 2 is 1.91 bits per heavy atom. The number of rotatable bonds is 4. The molecule has 1 saturated heterocycles. The van der Waals surface area contributed by atoms with Crippen LogP contribution in [-0.4, -0.2) is 59.8 Å². The highest BCUT2D eigenvalue weighted by atomic mass is 127. The maximum Gasteiger partial charge on any atom is 0.407 e. The molecule has 1 aliphatic carbocycles. The maximum absolute atomic E-state index is 12.7. The normalized spacial score (nSPS) is 26.1. The Bertz CT molecular complexity index is 1040. The van der Waals surface area contributed by atoms with Crippen LogP contribution in [0.1, 0.15) is 54.4 Å². The van der Waals surface area contributed by atoms with Crippen molar-refractivity contribution >= 4 is 58.4 Å². The number of hydrogen-bond acceptors (Lipinski definition) is 7. The fourth-order valence-corrected chi connectivity index (χ4v) is 7.66. The molecule has 1 N–H and O–H groups in total. The van der Waals surface area contributed by atoms with Crippen LogP contribution in [0.2, 0.25) is 18.1 Å². The van der Waals surface area contributed by atoms with Crippen molar-refractivity contribution in [3.63, 3.8) is 0 Å². The Morgan fingerprint density at radius 1 is 1.21 bits per heavy atom. The first-order chi connectivity index (χ1) is 15.6. The predicted octanol–water partition coefficient (Wildman–Crippen LogP) is 5.53. The van der Waals surface area contributed by atoms with Crippen molar-refractivity contribution in [1.82, 2.24) is 19.9 Å². The lowest BCUT2D eigenvalue weighted by Crippen LogP contribution is -2.53. The first-order valence-electron chi connectivity index (χ1n) is 12.1. The average Bonchev–Trinajstić information content (AvgIpc) is 3.34. The molecular formula is C23H38IN5O3SSi. The van der Waals surface area contributed by atoms with Crippen LogP contribution in [0.4, 0.5) is 9.93 Å². The Labute approximate surface area is 221 Å². The van der Waals surface area contributed by atoms with Gasteiger partial charge in [-0.1, -0.05) is 32.1 Å². The SMILES string of the molecule is CC(C)(C)OC(=O)N[C@@H]1CC(O[Si](C)(C)C(C)(C)C)C[C@@H]2CN(c3nn4c(I)cnc4s3)C[C@@H]21. The van der Waals surface area contributed by atoms with Crippen LogP contribution in [0.3, 0.4) is 0 Å². The summed E-state index contributed by atoms with van der Waals surface area (Å²) in [6, 6.07) is 0.0116. The summed E-state index contributed by atoms with van der Waals surface area (Å²) >= 11 is 3.89. The molecule has 34 heavy (non-hydrogen) atoms. The second kappa shape index (κ2) is 9.18. The number of hydrogen-bond donors (Lipinski definition) is 1. The van der Waals surface area contributed by atoms with E-state index in [1.165, 1.54) is 0 Å². The third-order valence-electron chi connectivity index (χ3n) is 7.36. The van der Waals surface area contributed by atoms with Crippen LogP contribution in [0.25, 0.3) is 4.96 Å². The molecule has 2 aromatic heterocycles. The molecule has 2 fully saturated rings. The minimum absolute atomic E-state index is 0.0116. The number of nitrogens with zero attached hydrogens (tertiary/aromatic N) is 4. The molecule has 0 radical (unpaired) electrons. The zero-order valence-corrected chi connectivity index (χ0v) is 25.5. The Morgan fingerprint density at radius 3 is 2.53 bits per heavy atom. The van der Waals surface area contributed by atoms with Gasteiger partial charge in [0.2, 0.25) is 10.1 Å². The van der Waals surface area contributed by atoms with E-state index >= 15 is 0 Å². The molecule has 1 unspecified atom stereocenters. The number of aromatic nitrogens is 3. The summed E-state index contributed by atoms with van der Waals surface area (Å²) < 4.78 is 15.4. The van der Waals surface area contributed by atoms with E-state index in [9.17, 15) is 4.79 Å². The van der Waals surface area contributed by atoms with Gasteiger partial charge in [0.05, 0.1) is 6.20 Å². The summed E-state index contributed by atoms with van der Waals surface area (Å²) in [6.45, 7) is 18.9. The summed E-state index contributed by atoms with van der Waals surface area (Å²) in [7, 11) is -1.92. The van der Waals surface area contributed by atoms with E-state index < -0.39 is 13.9 Å². The van der Waals surface area contributed by atoms with E-state index in [-0.39, 0.29) is 23.3 Å². The number of nitrogens with one attached hydrogen (secondary N) is 1. The molecule has 190 valence electrons. The van der Waals surface area contributed by atoms with Crippen molar-refractivity contribution in [1.29, 1.82) is 0 Å². The van der Waals surface area contributed by atoms with Crippen LogP contribution in [0.15, 0.2) is 6.20 Å². The smallest absolute Gasteiger partial charge is 0.407 e. The van der Waals surface area contributed by atoms with Crippen molar-refractivity contribution in [3.8, 4) is 0 Å². The predicted molar refractivity (Wildman–Crippen MR) is 147 cm³/mol. The molecule has 1 saturated carbocycles. The van der Waals surface area contributed by atoms with E-state index in [1.807, 2.05) is 31.5 Å². The number of alkyl carbamates (subject to hydrolysis) is 1. The average molecular weight is 620 g/mol. The van der Waals surface area contributed by atoms with Gasteiger partial charge in [0.15, 0.2) is 8.32 Å². The third-order valence-corrected chi connectivity index (χ3v) is 13.6. The van der Waals surface area contributed by atoms with Gasteiger partial charge in [-0.2, -0.15) is 4.52 Å². The highest BCUT2D eigenvalue weighted by Gasteiger charge is 2.48. The Balaban J connectivity index is 1.54. The number of carbonyl (C=O) groups is 1. The molecule has 11 heteroatoms. The zero-order valence-electron chi connectivity index (χ0n) is 21.5. The standard InChI is InChI=1S/C23H38IN5O3SSi/c1-22(2,3)31-21(30)26-17-10-15(32-34(7,8)23(4,5)6)9-14-12-28(13-16(14)17)20-27-29-18(24)11-25-19(29)33-20/h11,14-17H,9-10,12-13H2,1-8H3,(H,26,30)/t14-,15?,16+,17-/m1/s1. The lowest BCUT2D eigenvalue weighted by Gasteiger charge is -2.44. The van der Waals surface area contributed by atoms with Crippen LogP contribution < -0.4 is 10.2 Å². The van der Waals surface area contributed by atoms with Gasteiger partial charge in [-0.25, -0.2) is 9.78 Å². The van der Waals surface area contributed by atoms with Gasteiger partial charge in [0.25, 0.3) is 0 Å². The van der Waals surface area contributed by atoms with Crippen molar-refractivity contribution < 1.29 is 14.0 Å². The highest BCUT2D eigenvalue weighted by molar-refractivity contribution is 14.1. The van der Waals surface area contributed by atoms with Crippen LogP contribution in [0, 0.1) is 15.5 Å². The summed E-state index contributed by atoms with van der Waals surface area (Å²) in [5.74, 6) is 0.765. The second-order valence-electron chi connectivity index (χ2n) is 12.2. The molecule has 4 atom stereocenters. The fourth-order valence-electron chi connectivity index (χ4n) is 4.75. The summed E-state index contributed by atoms with van der Waals surface area (Å²) in [5.41, 5.74) is -0.524. The van der Waals surface area contributed by atoms with Gasteiger partial charge < -0.3 is 19.4 Å². The summed E-state index contributed by atoms with van der Waals surface area (Å²) in [4.78, 5) is 20.5. The van der Waals surface area contributed by atoms with Gasteiger partial charge in [-0.15, -0.1) is 5.10 Å². The Hall–Kier alpha value is -0.923.